The normalized spacial score (nSPS) is 17.9. The van der Waals surface area contributed by atoms with Crippen molar-refractivity contribution in [2.45, 2.75) is 136 Å². The standard InChI is InChI=1S/C48H73N5O9/c1-14-32(7)42(51(10)47(58)40(29(2)3)50-46(57)41(30(4)5)52(11)48(59)62-28-35-24-22-31(6)23-25-35)38(60-12)27-39(54)53-26-18-21-37(53)44(61-13)33(8)45(56)49-34(9)43(55)36-19-16-15-17-20-36/h15-17,19-20,22-25,29-30,33-34,37-38,40-44,55H,7,14,18,21,26-28H2,1-6,8-13H3,(H,49,56)(H,50,57)/t33-,34-,37+,38?,40+,41+,42+,43-,44-/m1/s1. The number of methoxy groups -OCH3 is 2. The molecule has 14 heteroatoms. The fraction of sp³-hybridized carbons (Fsp3) is 0.604. The molecular weight excluding hydrogens is 791 g/mol. The summed E-state index contributed by atoms with van der Waals surface area (Å²) in [7, 11) is 6.15. The minimum Gasteiger partial charge on any atom is -0.445 e. The molecule has 2 aromatic rings. The molecule has 0 aromatic heterocycles. The number of likely N-dealkylation sites (tertiary alicyclic amines) is 1. The highest BCUT2D eigenvalue weighted by atomic mass is 16.6. The van der Waals surface area contributed by atoms with E-state index in [9.17, 15) is 29.1 Å². The van der Waals surface area contributed by atoms with Crippen LogP contribution in [0.2, 0.25) is 0 Å². The van der Waals surface area contributed by atoms with Crippen molar-refractivity contribution in [1.82, 2.24) is 25.3 Å². The van der Waals surface area contributed by atoms with Crippen molar-refractivity contribution in [2.75, 3.05) is 34.9 Å². The van der Waals surface area contributed by atoms with E-state index in [4.69, 9.17) is 14.2 Å². The molecule has 0 bridgehead atoms. The van der Waals surface area contributed by atoms with Crippen molar-refractivity contribution in [3.05, 3.63) is 83.4 Å². The molecule has 0 spiro atoms. The fourth-order valence-corrected chi connectivity index (χ4v) is 8.35. The van der Waals surface area contributed by atoms with Crippen molar-refractivity contribution in [3.63, 3.8) is 0 Å². The number of hydrogen-bond acceptors (Lipinski definition) is 9. The number of carbonyl (C=O) groups excluding carboxylic acids is 5. The van der Waals surface area contributed by atoms with Crippen LogP contribution < -0.4 is 10.6 Å². The topological polar surface area (TPSA) is 167 Å². The van der Waals surface area contributed by atoms with Crippen LogP contribution in [-0.4, -0.2) is 127 Å². The van der Waals surface area contributed by atoms with E-state index in [1.54, 1.807) is 37.9 Å². The lowest BCUT2D eigenvalue weighted by Gasteiger charge is -2.39. The Balaban J connectivity index is 1.76. The van der Waals surface area contributed by atoms with E-state index in [-0.39, 0.29) is 36.7 Å². The number of aliphatic hydroxyl groups is 1. The highest BCUT2D eigenvalue weighted by Crippen LogP contribution is 2.30. The Labute approximate surface area is 369 Å². The van der Waals surface area contributed by atoms with Gasteiger partial charge in [-0.25, -0.2) is 4.79 Å². The number of nitrogens with one attached hydrogen (secondary N) is 2. The second-order valence-electron chi connectivity index (χ2n) is 17.4. The Morgan fingerprint density at radius 1 is 0.855 bits per heavy atom. The number of rotatable bonds is 22. The maximum Gasteiger partial charge on any atom is 0.410 e. The summed E-state index contributed by atoms with van der Waals surface area (Å²) in [5.41, 5.74) is 3.25. The summed E-state index contributed by atoms with van der Waals surface area (Å²) in [6.07, 6.45) is -1.27. The van der Waals surface area contributed by atoms with Gasteiger partial charge < -0.3 is 39.8 Å². The predicted octanol–water partition coefficient (Wildman–Crippen LogP) is 5.81. The lowest BCUT2D eigenvalue weighted by atomic mass is 9.92. The van der Waals surface area contributed by atoms with E-state index in [1.165, 1.54) is 31.1 Å². The van der Waals surface area contributed by atoms with Gasteiger partial charge in [-0.2, -0.15) is 0 Å². The van der Waals surface area contributed by atoms with Crippen LogP contribution in [0.5, 0.6) is 0 Å². The first kappa shape index (κ1) is 51.6. The average Bonchev–Trinajstić information content (AvgIpc) is 3.74. The largest absolute Gasteiger partial charge is 0.445 e. The van der Waals surface area contributed by atoms with Crippen molar-refractivity contribution < 1.29 is 43.3 Å². The Bertz CT molecular complexity index is 1790. The Hall–Kier alpha value is -4.79. The molecule has 1 aliphatic heterocycles. The van der Waals surface area contributed by atoms with E-state index in [2.05, 4.69) is 17.2 Å². The highest BCUT2D eigenvalue weighted by Gasteiger charge is 2.43. The molecule has 0 aliphatic carbocycles. The summed E-state index contributed by atoms with van der Waals surface area (Å²) in [6.45, 7) is 19.5. The van der Waals surface area contributed by atoms with Crippen LogP contribution >= 0.6 is 0 Å². The van der Waals surface area contributed by atoms with Crippen molar-refractivity contribution in [2.24, 2.45) is 17.8 Å². The molecule has 9 atom stereocenters. The zero-order valence-electron chi connectivity index (χ0n) is 39.1. The first-order chi connectivity index (χ1) is 29.3. The molecule has 3 N–H and O–H groups in total. The van der Waals surface area contributed by atoms with Crippen molar-refractivity contribution in [1.29, 1.82) is 0 Å². The molecule has 0 saturated carbocycles. The second kappa shape index (κ2) is 24.2. The first-order valence-corrected chi connectivity index (χ1v) is 21.9. The van der Waals surface area contributed by atoms with Crippen LogP contribution in [0.1, 0.15) is 96.9 Å². The fourth-order valence-electron chi connectivity index (χ4n) is 8.35. The summed E-state index contributed by atoms with van der Waals surface area (Å²) in [5.74, 6) is -2.74. The van der Waals surface area contributed by atoms with Crippen molar-refractivity contribution in [3.8, 4) is 0 Å². The van der Waals surface area contributed by atoms with Crippen LogP contribution in [0, 0.1) is 24.7 Å². The zero-order valence-corrected chi connectivity index (χ0v) is 39.1. The number of aliphatic hydroxyl groups excluding tert-OH is 1. The number of carbonyl (C=O) groups is 5. The Morgan fingerprint density at radius 3 is 2.03 bits per heavy atom. The minimum atomic E-state index is -0.985. The maximum atomic E-state index is 14.5. The van der Waals surface area contributed by atoms with Crippen LogP contribution in [0.15, 0.2) is 66.7 Å². The van der Waals surface area contributed by atoms with E-state index in [1.807, 2.05) is 84.0 Å². The molecule has 1 unspecified atom stereocenters. The molecule has 1 aliphatic rings. The third-order valence-corrected chi connectivity index (χ3v) is 12.1. The molecule has 0 radical (unpaired) electrons. The molecular formula is C48H73N5O9. The molecule has 3 rings (SSSR count). The highest BCUT2D eigenvalue weighted by molar-refractivity contribution is 5.92. The number of amides is 5. The average molecular weight is 864 g/mol. The van der Waals surface area contributed by atoms with Gasteiger partial charge in [0.2, 0.25) is 23.6 Å². The van der Waals surface area contributed by atoms with Gasteiger partial charge in [-0.05, 0) is 56.1 Å². The van der Waals surface area contributed by atoms with E-state index >= 15 is 0 Å². The molecule has 344 valence electrons. The number of benzene rings is 2. The molecule has 62 heavy (non-hydrogen) atoms. The summed E-state index contributed by atoms with van der Waals surface area (Å²) in [4.78, 5) is 74.0. The minimum absolute atomic E-state index is 0.0437. The van der Waals surface area contributed by atoms with Gasteiger partial charge in [-0.1, -0.05) is 114 Å². The number of ether oxygens (including phenoxy) is 3. The smallest absolute Gasteiger partial charge is 0.410 e. The summed E-state index contributed by atoms with van der Waals surface area (Å²) in [6, 6.07) is 13.1. The van der Waals surface area contributed by atoms with Gasteiger partial charge in [0.25, 0.3) is 0 Å². The third-order valence-electron chi connectivity index (χ3n) is 12.1. The molecule has 1 saturated heterocycles. The number of nitrogens with zero attached hydrogens (tertiary/aromatic N) is 3. The zero-order chi connectivity index (χ0) is 46.4. The van der Waals surface area contributed by atoms with Gasteiger partial charge in [0.1, 0.15) is 18.7 Å². The van der Waals surface area contributed by atoms with Gasteiger partial charge in [0.15, 0.2) is 0 Å². The molecule has 1 fully saturated rings. The third kappa shape index (κ3) is 13.4. The van der Waals surface area contributed by atoms with Gasteiger partial charge in [0.05, 0.1) is 48.8 Å². The van der Waals surface area contributed by atoms with Crippen LogP contribution in [0.3, 0.4) is 0 Å². The lowest BCUT2D eigenvalue weighted by molar-refractivity contribution is -0.145. The first-order valence-electron chi connectivity index (χ1n) is 21.9. The van der Waals surface area contributed by atoms with Gasteiger partial charge in [0, 0.05) is 34.9 Å². The number of likely N-dealkylation sites (N-methyl/N-ethyl adjacent to an activating group) is 2. The number of aryl methyl sites for hydroxylation is 1. The van der Waals surface area contributed by atoms with E-state index in [0.29, 0.717) is 36.9 Å². The van der Waals surface area contributed by atoms with Gasteiger partial charge >= 0.3 is 6.09 Å². The predicted molar refractivity (Wildman–Crippen MR) is 240 cm³/mol. The summed E-state index contributed by atoms with van der Waals surface area (Å²) < 4.78 is 17.5. The van der Waals surface area contributed by atoms with Gasteiger partial charge in [-0.15, -0.1) is 0 Å². The van der Waals surface area contributed by atoms with Crippen LogP contribution in [0.4, 0.5) is 4.79 Å². The van der Waals surface area contributed by atoms with Gasteiger partial charge in [-0.3, -0.25) is 24.1 Å². The molecule has 14 nitrogen and oxygen atoms in total. The Kier molecular flexibility index (Phi) is 20.1. The van der Waals surface area contributed by atoms with E-state index < -0.39 is 72.3 Å². The summed E-state index contributed by atoms with van der Waals surface area (Å²) in [5, 5.41) is 16.7. The Morgan fingerprint density at radius 2 is 1.48 bits per heavy atom. The summed E-state index contributed by atoms with van der Waals surface area (Å²) >= 11 is 0. The second-order valence-corrected chi connectivity index (χ2v) is 17.4. The molecule has 5 amide bonds. The number of hydrogen-bond donors (Lipinski definition) is 3. The van der Waals surface area contributed by atoms with Crippen LogP contribution in [0.25, 0.3) is 0 Å². The SMILES string of the molecule is C=C(CC)[C@@H](C(CC(=O)N1CCC[C@H]1[C@H](OC)[C@@H](C)C(=O)N[C@H](C)[C@@H](O)c1ccccc1)OC)N(C)C(=O)[C@@H](NC(=O)[C@H](C(C)C)N(C)C(=O)OCc1ccc(C)cc1)C(C)C. The lowest BCUT2D eigenvalue weighted by Crippen LogP contribution is -2.59. The van der Waals surface area contributed by atoms with E-state index in [0.717, 1.165) is 11.1 Å². The van der Waals surface area contributed by atoms with Crippen LogP contribution in [-0.2, 0) is 40.0 Å². The van der Waals surface area contributed by atoms with Crippen molar-refractivity contribution >= 4 is 29.7 Å². The monoisotopic (exact) mass is 864 g/mol. The maximum absolute atomic E-state index is 14.5. The molecule has 1 heterocycles. The molecule has 2 aromatic carbocycles. The quantitative estimate of drug-likeness (QED) is 0.124.